The van der Waals surface area contributed by atoms with Crippen molar-refractivity contribution in [2.45, 2.75) is 4.90 Å². The lowest BCUT2D eigenvalue weighted by Gasteiger charge is -2.10. The predicted molar refractivity (Wildman–Crippen MR) is 81.1 cm³/mol. The molecule has 102 valence electrons. The molecule has 0 aliphatic carbocycles. The maximum atomic E-state index is 13.5. The maximum absolute atomic E-state index is 13.5. The van der Waals surface area contributed by atoms with Gasteiger partial charge in [-0.05, 0) is 46.9 Å². The number of sulfonamides is 1. The summed E-state index contributed by atoms with van der Waals surface area (Å²) in [6.45, 7) is 0. The molecule has 7 heteroatoms. The number of hydrogen-bond donors (Lipinski definition) is 1. The minimum absolute atomic E-state index is 0.375. The van der Waals surface area contributed by atoms with Gasteiger partial charge in [0.2, 0.25) is 0 Å². The molecule has 0 aliphatic heterocycles. The zero-order valence-corrected chi connectivity index (χ0v) is 12.9. The van der Waals surface area contributed by atoms with E-state index in [1.807, 2.05) is 22.6 Å². The van der Waals surface area contributed by atoms with Crippen molar-refractivity contribution in [1.29, 1.82) is 5.26 Å². The second kappa shape index (κ2) is 5.76. The van der Waals surface area contributed by atoms with Gasteiger partial charge in [-0.25, -0.2) is 12.8 Å². The molecule has 1 N–H and O–H groups in total. The predicted octanol–water partition coefficient (Wildman–Crippen LogP) is 3.10. The summed E-state index contributed by atoms with van der Waals surface area (Å²) in [7, 11) is -4.02. The van der Waals surface area contributed by atoms with E-state index in [4.69, 9.17) is 5.26 Å². The van der Waals surface area contributed by atoms with E-state index in [0.29, 0.717) is 9.26 Å². The molecule has 0 unspecified atom stereocenters. The lowest BCUT2D eigenvalue weighted by molar-refractivity contribution is 0.593. The molecule has 0 atom stereocenters. The Balaban J connectivity index is 2.50. The number of para-hydroxylation sites is 1. The summed E-state index contributed by atoms with van der Waals surface area (Å²) in [5.74, 6) is -0.863. The van der Waals surface area contributed by atoms with Gasteiger partial charge in [0.1, 0.15) is 22.3 Å². The average Bonchev–Trinajstić information content (AvgIpc) is 2.41. The SMILES string of the molecule is N#Cc1c(F)cccc1S(=O)(=O)Nc1ccccc1I. The summed E-state index contributed by atoms with van der Waals surface area (Å²) >= 11 is 1.98. The second-order valence-electron chi connectivity index (χ2n) is 3.81. The van der Waals surface area contributed by atoms with Gasteiger partial charge in [0.15, 0.2) is 0 Å². The van der Waals surface area contributed by atoms with E-state index in [0.717, 1.165) is 6.07 Å². The Morgan fingerprint density at radius 1 is 1.15 bits per heavy atom. The Morgan fingerprint density at radius 3 is 2.50 bits per heavy atom. The number of rotatable bonds is 3. The molecule has 0 bridgehead atoms. The zero-order chi connectivity index (χ0) is 14.8. The molecule has 2 aromatic rings. The molecule has 0 aromatic heterocycles. The van der Waals surface area contributed by atoms with Gasteiger partial charge >= 0.3 is 0 Å². The van der Waals surface area contributed by atoms with Gasteiger partial charge in [-0.3, -0.25) is 4.72 Å². The normalized spacial score (nSPS) is 10.8. The van der Waals surface area contributed by atoms with Crippen LogP contribution in [0.15, 0.2) is 47.4 Å². The number of anilines is 1. The van der Waals surface area contributed by atoms with Crippen molar-refractivity contribution in [3.05, 3.63) is 57.4 Å². The third-order valence-electron chi connectivity index (χ3n) is 2.49. The molecule has 2 aromatic carbocycles. The topological polar surface area (TPSA) is 70.0 Å². The van der Waals surface area contributed by atoms with Crippen molar-refractivity contribution in [3.63, 3.8) is 0 Å². The third kappa shape index (κ3) is 2.91. The zero-order valence-electron chi connectivity index (χ0n) is 9.97. The Hall–Kier alpha value is -1.66. The van der Waals surface area contributed by atoms with Crippen LogP contribution in [0, 0.1) is 20.7 Å². The largest absolute Gasteiger partial charge is 0.279 e. The first-order chi connectivity index (χ1) is 9.45. The van der Waals surface area contributed by atoms with Crippen LogP contribution >= 0.6 is 22.6 Å². The Morgan fingerprint density at radius 2 is 1.85 bits per heavy atom. The van der Waals surface area contributed by atoms with Crippen molar-refractivity contribution in [1.82, 2.24) is 0 Å². The number of halogens is 2. The van der Waals surface area contributed by atoms with Gasteiger partial charge in [0.05, 0.1) is 5.69 Å². The quantitative estimate of drug-likeness (QED) is 0.803. The highest BCUT2D eigenvalue weighted by Crippen LogP contribution is 2.24. The molecule has 0 saturated carbocycles. The molecule has 0 aliphatic rings. The fourth-order valence-electron chi connectivity index (χ4n) is 1.58. The maximum Gasteiger partial charge on any atom is 0.263 e. The highest BCUT2D eigenvalue weighted by atomic mass is 127. The molecule has 2 rings (SSSR count). The molecular weight excluding hydrogens is 394 g/mol. The number of nitriles is 1. The van der Waals surface area contributed by atoms with Crippen LogP contribution in [0.4, 0.5) is 10.1 Å². The standard InChI is InChI=1S/C13H8FIN2O2S/c14-10-4-3-7-13(9(10)8-16)20(18,19)17-12-6-2-1-5-11(12)15/h1-7,17H. The van der Waals surface area contributed by atoms with Crippen LogP contribution < -0.4 is 4.72 Å². The van der Waals surface area contributed by atoms with Crippen LogP contribution in [0.2, 0.25) is 0 Å². The molecule has 20 heavy (non-hydrogen) atoms. The summed E-state index contributed by atoms with van der Waals surface area (Å²) in [5.41, 5.74) is -0.118. The van der Waals surface area contributed by atoms with Gasteiger partial charge in [0.25, 0.3) is 10.0 Å². The third-order valence-corrected chi connectivity index (χ3v) is 4.84. The van der Waals surface area contributed by atoms with Gasteiger partial charge < -0.3 is 0 Å². The second-order valence-corrected chi connectivity index (χ2v) is 6.62. The van der Waals surface area contributed by atoms with Crippen LogP contribution in [0.3, 0.4) is 0 Å². The fraction of sp³-hybridized carbons (Fsp3) is 0. The molecule has 0 amide bonds. The average molecular weight is 402 g/mol. The smallest absolute Gasteiger partial charge is 0.263 e. The summed E-state index contributed by atoms with van der Waals surface area (Å²) < 4.78 is 41.0. The lowest BCUT2D eigenvalue weighted by Crippen LogP contribution is -2.15. The minimum atomic E-state index is -4.02. The Bertz CT molecular complexity index is 800. The van der Waals surface area contributed by atoms with E-state index < -0.39 is 21.4 Å². The van der Waals surface area contributed by atoms with Gasteiger partial charge in [-0.2, -0.15) is 5.26 Å². The van der Waals surface area contributed by atoms with Crippen LogP contribution in [0.5, 0.6) is 0 Å². The Kier molecular flexibility index (Phi) is 4.25. The van der Waals surface area contributed by atoms with E-state index >= 15 is 0 Å². The van der Waals surface area contributed by atoms with Gasteiger partial charge in [-0.1, -0.05) is 18.2 Å². The van der Waals surface area contributed by atoms with Crippen molar-refractivity contribution in [2.75, 3.05) is 4.72 Å². The summed E-state index contributed by atoms with van der Waals surface area (Å²) in [6, 6.07) is 11.8. The first-order valence-electron chi connectivity index (χ1n) is 5.41. The van der Waals surface area contributed by atoms with E-state index in [1.54, 1.807) is 30.3 Å². The number of hydrogen-bond acceptors (Lipinski definition) is 3. The van der Waals surface area contributed by atoms with Gasteiger partial charge in [-0.15, -0.1) is 0 Å². The molecule has 0 spiro atoms. The first-order valence-corrected chi connectivity index (χ1v) is 7.98. The molecule has 0 fully saturated rings. The van der Waals surface area contributed by atoms with E-state index in [1.165, 1.54) is 12.1 Å². The molecule has 0 heterocycles. The van der Waals surface area contributed by atoms with Crippen molar-refractivity contribution in [3.8, 4) is 6.07 Å². The fourth-order valence-corrected chi connectivity index (χ4v) is 3.53. The minimum Gasteiger partial charge on any atom is -0.279 e. The molecule has 4 nitrogen and oxygen atoms in total. The van der Waals surface area contributed by atoms with E-state index in [9.17, 15) is 12.8 Å². The Labute approximate surface area is 129 Å². The summed E-state index contributed by atoms with van der Waals surface area (Å²) in [6.07, 6.45) is 0. The van der Waals surface area contributed by atoms with Crippen LogP contribution in [0.1, 0.15) is 5.56 Å². The number of benzene rings is 2. The molecular formula is C13H8FIN2O2S. The van der Waals surface area contributed by atoms with Crippen molar-refractivity contribution in [2.24, 2.45) is 0 Å². The first kappa shape index (κ1) is 14.7. The molecule has 0 saturated heterocycles. The van der Waals surface area contributed by atoms with Crippen LogP contribution in [-0.2, 0) is 10.0 Å². The van der Waals surface area contributed by atoms with Crippen LogP contribution in [0.25, 0.3) is 0 Å². The van der Waals surface area contributed by atoms with Crippen molar-refractivity contribution < 1.29 is 12.8 Å². The van der Waals surface area contributed by atoms with Crippen molar-refractivity contribution >= 4 is 38.3 Å². The van der Waals surface area contributed by atoms with E-state index in [2.05, 4.69) is 4.72 Å². The van der Waals surface area contributed by atoms with E-state index in [-0.39, 0.29) is 4.90 Å². The number of nitrogens with one attached hydrogen (secondary N) is 1. The summed E-state index contributed by atoms with van der Waals surface area (Å²) in [4.78, 5) is -0.375. The number of nitrogens with zero attached hydrogens (tertiary/aromatic N) is 1. The van der Waals surface area contributed by atoms with Gasteiger partial charge in [0, 0.05) is 3.57 Å². The summed E-state index contributed by atoms with van der Waals surface area (Å²) in [5, 5.41) is 8.90. The molecule has 0 radical (unpaired) electrons. The highest BCUT2D eigenvalue weighted by Gasteiger charge is 2.21. The van der Waals surface area contributed by atoms with Crippen LogP contribution in [-0.4, -0.2) is 8.42 Å². The monoisotopic (exact) mass is 402 g/mol. The highest BCUT2D eigenvalue weighted by molar-refractivity contribution is 14.1. The lowest BCUT2D eigenvalue weighted by atomic mass is 10.2.